The van der Waals surface area contributed by atoms with Crippen LogP contribution in [0.3, 0.4) is 0 Å². The first-order valence-corrected chi connectivity index (χ1v) is 23.7. The molecular weight excluding hydrogens is 723 g/mol. The molecular formula is C47H89NO9. The van der Waals surface area contributed by atoms with E-state index in [-0.39, 0.29) is 6.61 Å². The van der Waals surface area contributed by atoms with Crippen molar-refractivity contribution in [2.45, 2.75) is 255 Å². The van der Waals surface area contributed by atoms with Gasteiger partial charge in [0.2, 0.25) is 5.91 Å². The van der Waals surface area contributed by atoms with Crippen molar-refractivity contribution in [1.82, 2.24) is 5.32 Å². The molecule has 0 aromatic carbocycles. The third-order valence-electron chi connectivity index (χ3n) is 11.4. The average molecular weight is 812 g/mol. The van der Waals surface area contributed by atoms with Gasteiger partial charge in [0.05, 0.1) is 25.4 Å². The number of hydrogen-bond donors (Lipinski definition) is 7. The molecule has 0 saturated carbocycles. The summed E-state index contributed by atoms with van der Waals surface area (Å²) in [5.41, 5.74) is 0. The third kappa shape index (κ3) is 27.9. The molecule has 10 nitrogen and oxygen atoms in total. The van der Waals surface area contributed by atoms with Crippen LogP contribution in [0.1, 0.15) is 206 Å². The van der Waals surface area contributed by atoms with Crippen molar-refractivity contribution in [2.24, 2.45) is 0 Å². The summed E-state index contributed by atoms with van der Waals surface area (Å²) in [5, 5.41) is 64.6. The fraction of sp³-hybridized carbons (Fsp3) is 0.894. The van der Waals surface area contributed by atoms with Gasteiger partial charge in [-0.1, -0.05) is 186 Å². The van der Waals surface area contributed by atoms with Gasteiger partial charge >= 0.3 is 0 Å². The van der Waals surface area contributed by atoms with Gasteiger partial charge in [0, 0.05) is 0 Å². The van der Waals surface area contributed by atoms with Gasteiger partial charge in [-0.05, 0) is 44.9 Å². The van der Waals surface area contributed by atoms with E-state index in [2.05, 4.69) is 31.3 Å². The molecule has 1 aliphatic rings. The van der Waals surface area contributed by atoms with E-state index in [9.17, 15) is 35.4 Å². The highest BCUT2D eigenvalue weighted by atomic mass is 16.7. The molecule has 7 N–H and O–H groups in total. The zero-order chi connectivity index (χ0) is 41.8. The number of hydrogen-bond acceptors (Lipinski definition) is 9. The Labute approximate surface area is 348 Å². The molecule has 0 aromatic heterocycles. The maximum Gasteiger partial charge on any atom is 0.249 e. The van der Waals surface area contributed by atoms with Crippen LogP contribution in [0, 0.1) is 0 Å². The minimum atomic E-state index is -1.61. The van der Waals surface area contributed by atoms with Crippen LogP contribution in [-0.4, -0.2) is 98.7 Å². The number of ether oxygens (including phenoxy) is 2. The minimum Gasteiger partial charge on any atom is -0.394 e. The summed E-state index contributed by atoms with van der Waals surface area (Å²) in [4.78, 5) is 13.0. The van der Waals surface area contributed by atoms with Crippen LogP contribution in [0.2, 0.25) is 0 Å². The highest BCUT2D eigenvalue weighted by Gasteiger charge is 2.44. The molecule has 0 spiro atoms. The summed E-state index contributed by atoms with van der Waals surface area (Å²) in [6, 6.07) is -0.978. The van der Waals surface area contributed by atoms with Crippen molar-refractivity contribution in [1.29, 1.82) is 0 Å². The van der Waals surface area contributed by atoms with Gasteiger partial charge in [0.15, 0.2) is 6.29 Å². The maximum absolute atomic E-state index is 13.0. The molecule has 0 radical (unpaired) electrons. The third-order valence-corrected chi connectivity index (χ3v) is 11.4. The van der Waals surface area contributed by atoms with Gasteiger partial charge in [-0.3, -0.25) is 4.79 Å². The molecule has 1 heterocycles. The molecule has 1 aliphatic heterocycles. The molecule has 57 heavy (non-hydrogen) atoms. The first-order valence-electron chi connectivity index (χ1n) is 23.7. The maximum atomic E-state index is 13.0. The molecule has 8 unspecified atom stereocenters. The lowest BCUT2D eigenvalue weighted by Crippen LogP contribution is -2.60. The number of aliphatic hydroxyl groups is 6. The molecule has 1 fully saturated rings. The van der Waals surface area contributed by atoms with E-state index in [1.165, 1.54) is 141 Å². The topological polar surface area (TPSA) is 169 Å². The van der Waals surface area contributed by atoms with Crippen molar-refractivity contribution in [3.05, 3.63) is 24.3 Å². The highest BCUT2D eigenvalue weighted by molar-refractivity contribution is 5.80. The van der Waals surface area contributed by atoms with E-state index in [1.807, 2.05) is 6.08 Å². The predicted molar refractivity (Wildman–Crippen MR) is 232 cm³/mol. The standard InChI is InChI=1S/C47H89NO9/c1-3-5-7-9-11-13-15-17-18-19-20-21-22-24-26-28-30-32-34-36-41(51)46(55)48-39(38-56-47-45(54)44(53)43(52)42(37-49)57-47)40(50)35-33-31-29-27-25-23-16-14-12-10-8-6-4-2/h17-18,33,35,39-45,47,49-54H,3-16,19-32,34,36-38H2,1-2H3,(H,48,55). The quantitative estimate of drug-likeness (QED) is 0.0237. The van der Waals surface area contributed by atoms with Gasteiger partial charge in [-0.25, -0.2) is 0 Å². The van der Waals surface area contributed by atoms with Gasteiger partial charge < -0.3 is 45.4 Å². The second kappa shape index (κ2) is 37.6. The Morgan fingerprint density at radius 1 is 0.596 bits per heavy atom. The zero-order valence-corrected chi connectivity index (χ0v) is 36.5. The van der Waals surface area contributed by atoms with Crippen LogP contribution < -0.4 is 5.32 Å². The first kappa shape index (κ1) is 53.6. The Morgan fingerprint density at radius 3 is 1.47 bits per heavy atom. The first-order chi connectivity index (χ1) is 27.8. The van der Waals surface area contributed by atoms with Crippen LogP contribution in [0.4, 0.5) is 0 Å². The summed E-state index contributed by atoms with van der Waals surface area (Å²) in [7, 11) is 0. The van der Waals surface area contributed by atoms with Gasteiger partial charge in [-0.15, -0.1) is 0 Å². The Bertz CT molecular complexity index is 963. The Balaban J connectivity index is 2.38. The Kier molecular flexibility index (Phi) is 35.4. The second-order valence-electron chi connectivity index (χ2n) is 16.7. The Hall–Kier alpha value is -1.37. The lowest BCUT2D eigenvalue weighted by Gasteiger charge is -2.40. The molecule has 336 valence electrons. The van der Waals surface area contributed by atoms with Crippen molar-refractivity contribution < 1.29 is 44.9 Å². The zero-order valence-electron chi connectivity index (χ0n) is 36.5. The molecule has 1 amide bonds. The number of allylic oxidation sites excluding steroid dienone is 3. The molecule has 1 saturated heterocycles. The summed E-state index contributed by atoms with van der Waals surface area (Å²) in [6.07, 6.45) is 34.0. The van der Waals surface area contributed by atoms with E-state index < -0.39 is 61.5 Å². The van der Waals surface area contributed by atoms with Crippen LogP contribution in [0.5, 0.6) is 0 Å². The van der Waals surface area contributed by atoms with Crippen molar-refractivity contribution >= 4 is 5.91 Å². The number of nitrogens with one attached hydrogen (secondary N) is 1. The fourth-order valence-electron chi connectivity index (χ4n) is 7.45. The number of carbonyl (C=O) groups is 1. The monoisotopic (exact) mass is 812 g/mol. The van der Waals surface area contributed by atoms with Crippen LogP contribution >= 0.6 is 0 Å². The summed E-state index contributed by atoms with van der Waals surface area (Å²) in [5.74, 6) is -0.618. The van der Waals surface area contributed by atoms with Gasteiger partial charge in [-0.2, -0.15) is 0 Å². The number of unbranched alkanes of at least 4 members (excludes halogenated alkanes) is 26. The van der Waals surface area contributed by atoms with Gasteiger partial charge in [0.1, 0.15) is 30.5 Å². The lowest BCUT2D eigenvalue weighted by molar-refractivity contribution is -0.302. The van der Waals surface area contributed by atoms with E-state index in [0.717, 1.165) is 38.5 Å². The minimum absolute atomic E-state index is 0.305. The van der Waals surface area contributed by atoms with E-state index >= 15 is 0 Å². The van der Waals surface area contributed by atoms with E-state index in [0.29, 0.717) is 12.8 Å². The van der Waals surface area contributed by atoms with Crippen LogP contribution in [-0.2, 0) is 14.3 Å². The summed E-state index contributed by atoms with van der Waals surface area (Å²) >= 11 is 0. The van der Waals surface area contributed by atoms with Crippen LogP contribution in [0.25, 0.3) is 0 Å². The summed E-state index contributed by atoms with van der Waals surface area (Å²) < 4.78 is 11.1. The molecule has 0 bridgehead atoms. The van der Waals surface area contributed by atoms with Crippen LogP contribution in [0.15, 0.2) is 24.3 Å². The average Bonchev–Trinajstić information content (AvgIpc) is 3.21. The van der Waals surface area contributed by atoms with E-state index in [1.54, 1.807) is 6.08 Å². The lowest BCUT2D eigenvalue weighted by atomic mass is 9.99. The molecule has 0 aromatic rings. The summed E-state index contributed by atoms with van der Waals surface area (Å²) in [6.45, 7) is 3.60. The highest BCUT2D eigenvalue weighted by Crippen LogP contribution is 2.23. The van der Waals surface area contributed by atoms with Crippen molar-refractivity contribution in [2.75, 3.05) is 13.2 Å². The molecule has 8 atom stereocenters. The largest absolute Gasteiger partial charge is 0.394 e. The van der Waals surface area contributed by atoms with E-state index in [4.69, 9.17) is 9.47 Å². The molecule has 0 aliphatic carbocycles. The second-order valence-corrected chi connectivity index (χ2v) is 16.7. The smallest absolute Gasteiger partial charge is 0.249 e. The van der Waals surface area contributed by atoms with Crippen molar-refractivity contribution in [3.8, 4) is 0 Å². The SMILES string of the molecule is CCCCCCCCC=CCCCCCCCCCCCC(O)C(=O)NC(COC1OC(CO)C(O)C(O)C1O)C(O)C=CCCCCCCCCCCCCC. The molecule has 10 heteroatoms. The Morgan fingerprint density at radius 2 is 1.02 bits per heavy atom. The number of aliphatic hydroxyl groups excluding tert-OH is 6. The van der Waals surface area contributed by atoms with Crippen molar-refractivity contribution in [3.63, 3.8) is 0 Å². The fourth-order valence-corrected chi connectivity index (χ4v) is 7.45. The molecule has 1 rings (SSSR count). The predicted octanol–water partition coefficient (Wildman–Crippen LogP) is 8.86. The number of rotatable bonds is 39. The normalized spacial score (nSPS) is 21.7. The van der Waals surface area contributed by atoms with Gasteiger partial charge in [0.25, 0.3) is 0 Å². The number of carbonyl (C=O) groups excluding carboxylic acids is 1. The number of amides is 1.